The highest BCUT2D eigenvalue weighted by Gasteiger charge is 2.14. The molecule has 3 aromatic rings. The van der Waals surface area contributed by atoms with Crippen molar-refractivity contribution in [3.05, 3.63) is 82.8 Å². The number of hydrogen-bond donors (Lipinski definition) is 1. The highest BCUT2D eigenvalue weighted by Crippen LogP contribution is 2.25. The number of nitrogens with one attached hydrogen (secondary N) is 1. The molecule has 0 aromatic heterocycles. The zero-order chi connectivity index (χ0) is 19.3. The van der Waals surface area contributed by atoms with E-state index in [0.717, 1.165) is 10.0 Å². The Balaban J connectivity index is 1.71. The largest absolute Gasteiger partial charge is 0.457 e. The van der Waals surface area contributed by atoms with Gasteiger partial charge in [0.1, 0.15) is 11.5 Å². The highest BCUT2D eigenvalue weighted by atomic mass is 79.9. The normalized spacial score (nSPS) is 10.8. The molecule has 0 saturated heterocycles. The van der Waals surface area contributed by atoms with Gasteiger partial charge in [0, 0.05) is 10.2 Å². The Morgan fingerprint density at radius 3 is 2.00 bits per heavy atom. The van der Waals surface area contributed by atoms with Crippen LogP contribution in [0.3, 0.4) is 0 Å². The average molecular weight is 443 g/mol. The molecular weight excluding hydrogens is 428 g/mol. The summed E-state index contributed by atoms with van der Waals surface area (Å²) in [5.74, 6) is 1.20. The lowest BCUT2D eigenvalue weighted by Gasteiger charge is -2.10. The van der Waals surface area contributed by atoms with Gasteiger partial charge in [-0.3, -0.25) is 4.72 Å². The molecule has 0 aliphatic rings. The molecule has 3 aromatic carbocycles. The van der Waals surface area contributed by atoms with E-state index in [1.165, 1.54) is 12.1 Å². The maximum Gasteiger partial charge on any atom is 0.261 e. The number of nitriles is 1. The summed E-state index contributed by atoms with van der Waals surface area (Å²) < 4.78 is 34.2. The third-order valence-electron chi connectivity index (χ3n) is 3.67. The van der Waals surface area contributed by atoms with E-state index in [2.05, 4.69) is 26.7 Å². The van der Waals surface area contributed by atoms with Crippen LogP contribution >= 0.6 is 15.9 Å². The lowest BCUT2D eigenvalue weighted by molar-refractivity contribution is 0.482. The van der Waals surface area contributed by atoms with Crippen molar-refractivity contribution in [2.24, 2.45) is 0 Å². The van der Waals surface area contributed by atoms with Crippen molar-refractivity contribution in [2.45, 2.75) is 11.3 Å². The van der Waals surface area contributed by atoms with Gasteiger partial charge in [0.05, 0.1) is 17.4 Å². The molecule has 7 heteroatoms. The van der Waals surface area contributed by atoms with Crippen molar-refractivity contribution in [2.75, 3.05) is 4.72 Å². The van der Waals surface area contributed by atoms with Gasteiger partial charge in [-0.15, -0.1) is 0 Å². The maximum atomic E-state index is 12.5. The number of rotatable bonds is 6. The van der Waals surface area contributed by atoms with Crippen LogP contribution < -0.4 is 9.46 Å². The molecule has 0 aliphatic heterocycles. The monoisotopic (exact) mass is 442 g/mol. The molecule has 0 unspecified atom stereocenters. The molecule has 0 spiro atoms. The topological polar surface area (TPSA) is 79.2 Å². The van der Waals surface area contributed by atoms with Gasteiger partial charge >= 0.3 is 0 Å². The number of sulfonamides is 1. The first kappa shape index (κ1) is 19.0. The third kappa shape index (κ3) is 5.09. The fourth-order valence-corrected chi connectivity index (χ4v) is 3.64. The van der Waals surface area contributed by atoms with Crippen LogP contribution in [0, 0.1) is 11.3 Å². The zero-order valence-electron chi connectivity index (χ0n) is 14.1. The number of ether oxygens (including phenoxy) is 1. The molecule has 5 nitrogen and oxygen atoms in total. The molecule has 0 aliphatic carbocycles. The summed E-state index contributed by atoms with van der Waals surface area (Å²) in [6.45, 7) is 0. The predicted octanol–water partition coefficient (Wildman–Crippen LogP) is 5.11. The van der Waals surface area contributed by atoms with Gasteiger partial charge in [-0.05, 0) is 66.2 Å². The molecule has 0 fully saturated rings. The van der Waals surface area contributed by atoms with Crippen LogP contribution in [-0.4, -0.2) is 8.42 Å². The van der Waals surface area contributed by atoms with Crippen LogP contribution in [0.5, 0.6) is 11.5 Å². The number of halogens is 1. The summed E-state index contributed by atoms with van der Waals surface area (Å²) in [7, 11) is -3.71. The van der Waals surface area contributed by atoms with Crippen molar-refractivity contribution in [3.8, 4) is 17.6 Å². The lowest BCUT2D eigenvalue weighted by Crippen LogP contribution is -2.12. The quantitative estimate of drug-likeness (QED) is 0.575. The van der Waals surface area contributed by atoms with Crippen molar-refractivity contribution in [3.63, 3.8) is 0 Å². The summed E-state index contributed by atoms with van der Waals surface area (Å²) in [6, 6.07) is 22.3. The summed E-state index contributed by atoms with van der Waals surface area (Å²) >= 11 is 3.36. The smallest absolute Gasteiger partial charge is 0.261 e. The van der Waals surface area contributed by atoms with Crippen molar-refractivity contribution in [1.29, 1.82) is 5.26 Å². The summed E-state index contributed by atoms with van der Waals surface area (Å²) in [6.07, 6.45) is 0.285. The van der Waals surface area contributed by atoms with E-state index in [-0.39, 0.29) is 11.3 Å². The first-order valence-electron chi connectivity index (χ1n) is 7.98. The highest BCUT2D eigenvalue weighted by molar-refractivity contribution is 9.10. The molecule has 0 bridgehead atoms. The SMILES string of the molecule is N#CCc1ccc(NS(=O)(=O)c2ccc(Oc3ccc(Br)cc3)cc2)cc1. The molecule has 0 saturated carbocycles. The molecule has 0 amide bonds. The minimum atomic E-state index is -3.71. The van der Waals surface area contributed by atoms with Gasteiger partial charge in [0.15, 0.2) is 0 Å². The minimum Gasteiger partial charge on any atom is -0.457 e. The van der Waals surface area contributed by atoms with Gasteiger partial charge in [-0.2, -0.15) is 5.26 Å². The van der Waals surface area contributed by atoms with Crippen LogP contribution in [0.2, 0.25) is 0 Å². The Hall–Kier alpha value is -2.82. The van der Waals surface area contributed by atoms with E-state index in [0.29, 0.717) is 17.2 Å². The van der Waals surface area contributed by atoms with Crippen molar-refractivity contribution >= 4 is 31.6 Å². The van der Waals surface area contributed by atoms with Crippen LogP contribution in [0.15, 0.2) is 82.2 Å². The Kier molecular flexibility index (Phi) is 5.79. The number of hydrogen-bond acceptors (Lipinski definition) is 4. The van der Waals surface area contributed by atoms with Gasteiger partial charge in [0.25, 0.3) is 10.0 Å². The minimum absolute atomic E-state index is 0.131. The second-order valence-electron chi connectivity index (χ2n) is 5.66. The van der Waals surface area contributed by atoms with Crippen LogP contribution in [0.4, 0.5) is 5.69 Å². The fourth-order valence-electron chi connectivity index (χ4n) is 2.32. The van der Waals surface area contributed by atoms with Crippen LogP contribution in [0.25, 0.3) is 0 Å². The Morgan fingerprint density at radius 1 is 0.889 bits per heavy atom. The van der Waals surface area contributed by atoms with Gasteiger partial charge in [0.2, 0.25) is 0 Å². The Labute approximate surface area is 166 Å². The van der Waals surface area contributed by atoms with E-state index in [1.807, 2.05) is 24.3 Å². The van der Waals surface area contributed by atoms with Gasteiger partial charge in [-0.1, -0.05) is 28.1 Å². The third-order valence-corrected chi connectivity index (χ3v) is 5.60. The van der Waals surface area contributed by atoms with Crippen molar-refractivity contribution < 1.29 is 13.2 Å². The maximum absolute atomic E-state index is 12.5. The van der Waals surface area contributed by atoms with Gasteiger partial charge < -0.3 is 4.74 Å². The van der Waals surface area contributed by atoms with E-state index in [4.69, 9.17) is 10.00 Å². The molecular formula is C20H15BrN2O3S. The summed E-state index contributed by atoms with van der Waals surface area (Å²) in [4.78, 5) is 0.131. The van der Waals surface area contributed by atoms with Crippen molar-refractivity contribution in [1.82, 2.24) is 0 Å². The Morgan fingerprint density at radius 2 is 1.44 bits per heavy atom. The molecule has 1 N–H and O–H groups in total. The second kappa shape index (κ2) is 8.25. The lowest BCUT2D eigenvalue weighted by atomic mass is 10.1. The first-order valence-corrected chi connectivity index (χ1v) is 10.3. The average Bonchev–Trinajstić information content (AvgIpc) is 2.66. The van der Waals surface area contributed by atoms with Crippen LogP contribution in [-0.2, 0) is 16.4 Å². The number of anilines is 1. The summed E-state index contributed by atoms with van der Waals surface area (Å²) in [5, 5.41) is 8.68. The molecule has 27 heavy (non-hydrogen) atoms. The zero-order valence-corrected chi connectivity index (χ0v) is 16.5. The second-order valence-corrected chi connectivity index (χ2v) is 8.26. The summed E-state index contributed by atoms with van der Waals surface area (Å²) in [5.41, 5.74) is 1.27. The standard InChI is InChI=1S/C20H15BrN2O3S/c21-16-3-7-18(8-4-16)26-19-9-11-20(12-10-19)27(24,25)23-17-5-1-15(2-6-17)13-14-22/h1-12,23H,13H2. The number of nitrogens with zero attached hydrogens (tertiary/aromatic N) is 1. The fraction of sp³-hybridized carbons (Fsp3) is 0.0500. The van der Waals surface area contributed by atoms with E-state index < -0.39 is 10.0 Å². The molecule has 0 radical (unpaired) electrons. The van der Waals surface area contributed by atoms with E-state index in [1.54, 1.807) is 36.4 Å². The molecule has 136 valence electrons. The van der Waals surface area contributed by atoms with E-state index >= 15 is 0 Å². The molecule has 3 rings (SSSR count). The Bertz CT molecular complexity index is 1060. The van der Waals surface area contributed by atoms with E-state index in [9.17, 15) is 8.42 Å². The van der Waals surface area contributed by atoms with Gasteiger partial charge in [-0.25, -0.2) is 8.42 Å². The molecule has 0 heterocycles. The first-order chi connectivity index (χ1) is 13.0. The predicted molar refractivity (Wildman–Crippen MR) is 107 cm³/mol. The number of benzene rings is 3. The van der Waals surface area contributed by atoms with Crippen LogP contribution in [0.1, 0.15) is 5.56 Å². The molecule has 0 atom stereocenters.